The van der Waals surface area contributed by atoms with Crippen LogP contribution in [0.5, 0.6) is 0 Å². The van der Waals surface area contributed by atoms with E-state index in [1.165, 1.54) is 18.2 Å². The highest BCUT2D eigenvalue weighted by molar-refractivity contribution is 5.82. The summed E-state index contributed by atoms with van der Waals surface area (Å²) in [7, 11) is 0. The van der Waals surface area contributed by atoms with E-state index in [9.17, 15) is 13.6 Å². The minimum atomic E-state index is -0.696. The summed E-state index contributed by atoms with van der Waals surface area (Å²) in [5, 5.41) is 6.93. The van der Waals surface area contributed by atoms with Crippen LogP contribution in [0.4, 0.5) is 14.8 Å². The van der Waals surface area contributed by atoms with Crippen molar-refractivity contribution in [2.24, 2.45) is 5.73 Å². The molecule has 0 radical (unpaired) electrons. The zero-order chi connectivity index (χ0) is 22.5. The predicted octanol–water partition coefficient (Wildman–Crippen LogP) is 3.38. The molecule has 168 valence electrons. The fourth-order valence-electron chi connectivity index (χ4n) is 3.93. The normalized spacial score (nSPS) is 16.8. The summed E-state index contributed by atoms with van der Waals surface area (Å²) in [5.74, 6) is -0.529. The number of rotatable bonds is 8. The van der Waals surface area contributed by atoms with Gasteiger partial charge in [-0.2, -0.15) is 4.98 Å². The van der Waals surface area contributed by atoms with E-state index in [0.717, 1.165) is 12.8 Å². The van der Waals surface area contributed by atoms with Gasteiger partial charge in [-0.1, -0.05) is 35.5 Å². The third kappa shape index (κ3) is 5.11. The van der Waals surface area contributed by atoms with Gasteiger partial charge in [0.2, 0.25) is 11.7 Å². The molecule has 3 N–H and O–H groups in total. The van der Waals surface area contributed by atoms with Crippen LogP contribution in [0.3, 0.4) is 0 Å². The summed E-state index contributed by atoms with van der Waals surface area (Å²) >= 11 is 0. The van der Waals surface area contributed by atoms with Crippen molar-refractivity contribution in [3.8, 4) is 11.4 Å². The average Bonchev–Trinajstić information content (AvgIpc) is 3.46. The Bertz CT molecular complexity index is 1070. The molecular formula is C23H25F2N5O2. The number of carbonyl (C=O) groups is 1. The third-order valence-corrected chi connectivity index (χ3v) is 5.66. The largest absolute Gasteiger partial charge is 0.337 e. The molecule has 1 saturated heterocycles. The Morgan fingerprint density at radius 2 is 2.09 bits per heavy atom. The predicted molar refractivity (Wildman–Crippen MR) is 116 cm³/mol. The molecule has 0 saturated carbocycles. The maximum Gasteiger partial charge on any atom is 0.321 e. The quantitative estimate of drug-likeness (QED) is 0.556. The van der Waals surface area contributed by atoms with Gasteiger partial charge in [-0.3, -0.25) is 4.79 Å². The molecule has 7 nitrogen and oxygen atoms in total. The summed E-state index contributed by atoms with van der Waals surface area (Å²) in [6.45, 7) is 1.05. The maximum atomic E-state index is 13.8. The molecule has 2 aromatic carbocycles. The molecule has 2 heterocycles. The lowest BCUT2D eigenvalue weighted by Crippen LogP contribution is -2.48. The number of carbonyl (C=O) groups excluding carboxylic acids is 1. The second-order valence-electron chi connectivity index (χ2n) is 7.88. The van der Waals surface area contributed by atoms with Crippen molar-refractivity contribution < 1.29 is 18.1 Å². The van der Waals surface area contributed by atoms with Crippen LogP contribution in [0, 0.1) is 11.6 Å². The number of anilines is 1. The van der Waals surface area contributed by atoms with Crippen molar-refractivity contribution in [2.75, 3.05) is 18.4 Å². The van der Waals surface area contributed by atoms with Crippen LogP contribution in [0.15, 0.2) is 53.1 Å². The van der Waals surface area contributed by atoms with Crippen molar-refractivity contribution in [3.05, 3.63) is 65.7 Å². The summed E-state index contributed by atoms with van der Waals surface area (Å²) in [6, 6.07) is 11.9. The van der Waals surface area contributed by atoms with Crippen molar-refractivity contribution >= 4 is 11.9 Å². The van der Waals surface area contributed by atoms with Gasteiger partial charge in [0.15, 0.2) is 0 Å². The van der Waals surface area contributed by atoms with Gasteiger partial charge in [0, 0.05) is 24.7 Å². The van der Waals surface area contributed by atoms with E-state index in [4.69, 9.17) is 10.3 Å². The van der Waals surface area contributed by atoms with Crippen molar-refractivity contribution in [2.45, 2.75) is 37.8 Å². The number of aryl methyl sites for hydroxylation is 1. The summed E-state index contributed by atoms with van der Waals surface area (Å²) < 4.78 is 32.4. The average molecular weight is 441 g/mol. The van der Waals surface area contributed by atoms with Gasteiger partial charge in [0.1, 0.15) is 11.6 Å². The first-order chi connectivity index (χ1) is 15.5. The second kappa shape index (κ2) is 9.86. The monoisotopic (exact) mass is 441 g/mol. The van der Waals surface area contributed by atoms with Crippen molar-refractivity contribution in [1.82, 2.24) is 15.0 Å². The van der Waals surface area contributed by atoms with Crippen molar-refractivity contribution in [3.63, 3.8) is 0 Å². The second-order valence-corrected chi connectivity index (χ2v) is 7.88. The number of halogens is 2. The number of nitrogens with zero attached hydrogens (tertiary/aromatic N) is 3. The molecule has 1 aliphatic heterocycles. The van der Waals surface area contributed by atoms with E-state index in [0.29, 0.717) is 37.1 Å². The number of aromatic nitrogens is 2. The lowest BCUT2D eigenvalue weighted by Gasteiger charge is -2.27. The highest BCUT2D eigenvalue weighted by Crippen LogP contribution is 2.22. The standard InChI is InChI=1S/C23H25F2N5O2/c24-17-7-3-6-16(13-17)21-28-23(32-29-21)27-14-18-8-4-12-30(18)22(31)20(26)11-10-15-5-1-2-9-19(15)25/h1-3,5-7,9,13,18,20H,4,8,10-12,14,26H2,(H,27,28,29)/t18-,20?/m0/s1. The number of amides is 1. The van der Waals surface area contributed by atoms with E-state index in [1.54, 1.807) is 35.2 Å². The van der Waals surface area contributed by atoms with Crippen LogP contribution >= 0.6 is 0 Å². The molecule has 9 heteroatoms. The Labute approximate surface area is 184 Å². The van der Waals surface area contributed by atoms with Gasteiger partial charge in [-0.25, -0.2) is 8.78 Å². The van der Waals surface area contributed by atoms with Crippen LogP contribution in [-0.2, 0) is 11.2 Å². The molecule has 32 heavy (non-hydrogen) atoms. The SMILES string of the molecule is NC(CCc1ccccc1F)C(=O)N1CCC[C@H]1CNc1nc(-c2cccc(F)c2)no1. The highest BCUT2D eigenvalue weighted by atomic mass is 19.1. The molecule has 1 aromatic heterocycles. The molecule has 0 aliphatic carbocycles. The summed E-state index contributed by atoms with van der Waals surface area (Å²) in [5.41, 5.74) is 7.21. The Morgan fingerprint density at radius 1 is 1.25 bits per heavy atom. The number of likely N-dealkylation sites (tertiary alicyclic amines) is 1. The van der Waals surface area contributed by atoms with E-state index in [-0.39, 0.29) is 35.4 Å². The first-order valence-electron chi connectivity index (χ1n) is 10.6. The molecule has 4 rings (SSSR count). The molecule has 1 fully saturated rings. The number of benzene rings is 2. The van der Waals surface area contributed by atoms with Crippen LogP contribution in [0.1, 0.15) is 24.8 Å². The summed E-state index contributed by atoms with van der Waals surface area (Å²) in [4.78, 5) is 18.9. The number of nitrogens with one attached hydrogen (secondary N) is 1. The van der Waals surface area contributed by atoms with Gasteiger partial charge in [-0.05, 0) is 49.4 Å². The lowest BCUT2D eigenvalue weighted by molar-refractivity contribution is -0.133. The zero-order valence-electron chi connectivity index (χ0n) is 17.5. The number of hydrogen-bond donors (Lipinski definition) is 2. The van der Waals surface area contributed by atoms with Crippen LogP contribution in [0.25, 0.3) is 11.4 Å². The van der Waals surface area contributed by atoms with Gasteiger partial charge in [0.25, 0.3) is 0 Å². The highest BCUT2D eigenvalue weighted by Gasteiger charge is 2.31. The third-order valence-electron chi connectivity index (χ3n) is 5.66. The van der Waals surface area contributed by atoms with E-state index in [1.807, 2.05) is 0 Å². The Morgan fingerprint density at radius 3 is 2.91 bits per heavy atom. The lowest BCUT2D eigenvalue weighted by atomic mass is 10.0. The molecular weight excluding hydrogens is 416 g/mol. The van der Waals surface area contributed by atoms with Crippen LogP contribution < -0.4 is 11.1 Å². The maximum absolute atomic E-state index is 13.8. The smallest absolute Gasteiger partial charge is 0.321 e. The Hall–Kier alpha value is -3.33. The molecule has 1 unspecified atom stereocenters. The summed E-state index contributed by atoms with van der Waals surface area (Å²) in [6.07, 6.45) is 2.47. The molecule has 0 spiro atoms. The Balaban J connectivity index is 1.31. The van der Waals surface area contributed by atoms with Crippen LogP contribution in [0.2, 0.25) is 0 Å². The van der Waals surface area contributed by atoms with Crippen molar-refractivity contribution in [1.29, 1.82) is 0 Å². The number of nitrogens with two attached hydrogens (primary N) is 1. The van der Waals surface area contributed by atoms with Gasteiger partial charge >= 0.3 is 6.01 Å². The fraction of sp³-hybridized carbons (Fsp3) is 0.348. The fourth-order valence-corrected chi connectivity index (χ4v) is 3.93. The van der Waals surface area contributed by atoms with Gasteiger partial charge < -0.3 is 20.5 Å². The molecule has 1 aliphatic rings. The zero-order valence-corrected chi connectivity index (χ0v) is 17.5. The molecule has 0 bridgehead atoms. The van der Waals surface area contributed by atoms with E-state index < -0.39 is 6.04 Å². The Kier molecular flexibility index (Phi) is 6.75. The topological polar surface area (TPSA) is 97.3 Å². The molecule has 3 aromatic rings. The first kappa shape index (κ1) is 21.9. The van der Waals surface area contributed by atoms with E-state index >= 15 is 0 Å². The number of hydrogen-bond acceptors (Lipinski definition) is 6. The van der Waals surface area contributed by atoms with E-state index in [2.05, 4.69) is 15.5 Å². The molecule has 2 atom stereocenters. The van der Waals surface area contributed by atoms with Gasteiger partial charge in [0.05, 0.1) is 6.04 Å². The molecule has 1 amide bonds. The minimum absolute atomic E-state index is 0.0634. The minimum Gasteiger partial charge on any atom is -0.337 e. The van der Waals surface area contributed by atoms with Crippen LogP contribution in [-0.4, -0.2) is 46.1 Å². The first-order valence-corrected chi connectivity index (χ1v) is 10.6. The van der Waals surface area contributed by atoms with Gasteiger partial charge in [-0.15, -0.1) is 0 Å².